The van der Waals surface area contributed by atoms with Crippen molar-refractivity contribution in [3.63, 3.8) is 0 Å². The van der Waals surface area contributed by atoms with E-state index in [1.165, 1.54) is 11.1 Å². The zero-order chi connectivity index (χ0) is 27.2. The number of para-hydroxylation sites is 2. The highest BCUT2D eigenvalue weighted by Crippen LogP contribution is 2.29. The number of nitrogens with zero attached hydrogens (tertiary/aromatic N) is 2. The van der Waals surface area contributed by atoms with Gasteiger partial charge in [0, 0.05) is 44.2 Å². The average Bonchev–Trinajstić information content (AvgIpc) is 2.98. The normalized spacial score (nSPS) is 17.7. The Balaban J connectivity index is 1.27. The molecular formula is C31H35ClN4O3. The van der Waals surface area contributed by atoms with Crippen molar-refractivity contribution in [2.24, 2.45) is 0 Å². The molecule has 5 rings (SSSR count). The van der Waals surface area contributed by atoms with Crippen LogP contribution in [-0.2, 0) is 29.0 Å². The Bertz CT molecular complexity index is 1290. The third-order valence-corrected chi connectivity index (χ3v) is 7.71. The summed E-state index contributed by atoms with van der Waals surface area (Å²) < 4.78 is 5.82. The molecule has 0 aliphatic carbocycles. The number of rotatable bonds is 8. The van der Waals surface area contributed by atoms with Crippen molar-refractivity contribution in [3.05, 3.63) is 94.5 Å². The first-order valence-corrected chi connectivity index (χ1v) is 14.0. The van der Waals surface area contributed by atoms with Crippen LogP contribution >= 0.6 is 11.6 Å². The van der Waals surface area contributed by atoms with Crippen molar-refractivity contribution in [1.82, 2.24) is 15.5 Å². The predicted molar refractivity (Wildman–Crippen MR) is 154 cm³/mol. The van der Waals surface area contributed by atoms with Gasteiger partial charge in [0.05, 0.1) is 18.3 Å². The lowest BCUT2D eigenvalue weighted by Gasteiger charge is -2.38. The molecule has 0 unspecified atom stereocenters. The zero-order valence-electron chi connectivity index (χ0n) is 22.2. The molecule has 3 aromatic rings. The molecule has 0 aromatic heterocycles. The first-order chi connectivity index (χ1) is 19.0. The molecule has 2 N–H and O–H groups in total. The number of benzene rings is 3. The van der Waals surface area contributed by atoms with Gasteiger partial charge in [-0.1, -0.05) is 60.1 Å². The molecule has 2 atom stereocenters. The molecule has 39 heavy (non-hydrogen) atoms. The van der Waals surface area contributed by atoms with Crippen molar-refractivity contribution in [2.75, 3.05) is 37.7 Å². The molecule has 0 saturated carbocycles. The Kier molecular flexibility index (Phi) is 8.69. The van der Waals surface area contributed by atoms with Gasteiger partial charge in [-0.2, -0.15) is 0 Å². The van der Waals surface area contributed by atoms with E-state index in [0.29, 0.717) is 57.2 Å². The van der Waals surface area contributed by atoms with Gasteiger partial charge in [0.25, 0.3) is 0 Å². The van der Waals surface area contributed by atoms with Crippen LogP contribution in [0.2, 0.25) is 5.02 Å². The number of anilines is 1. The van der Waals surface area contributed by atoms with Gasteiger partial charge >= 0.3 is 0 Å². The number of carbonyl (C=O) groups is 2. The summed E-state index contributed by atoms with van der Waals surface area (Å²) in [6.07, 6.45) is 1.00. The highest BCUT2D eigenvalue weighted by Gasteiger charge is 2.32. The van der Waals surface area contributed by atoms with Gasteiger partial charge in [0.2, 0.25) is 11.8 Å². The quantitative estimate of drug-likeness (QED) is 0.449. The van der Waals surface area contributed by atoms with Crippen molar-refractivity contribution in [3.8, 4) is 5.75 Å². The third kappa shape index (κ3) is 6.54. The predicted octanol–water partition coefficient (Wildman–Crippen LogP) is 3.83. The number of piperazine rings is 1. The number of amides is 2. The summed E-state index contributed by atoms with van der Waals surface area (Å²) in [7, 11) is 0. The second-order valence-electron chi connectivity index (χ2n) is 10.0. The molecule has 2 heterocycles. The Morgan fingerprint density at radius 2 is 1.67 bits per heavy atom. The number of hydrogen-bond donors (Lipinski definition) is 2. The van der Waals surface area contributed by atoms with Crippen LogP contribution in [0, 0.1) is 0 Å². The number of hydrogen-bond acceptors (Lipinski definition) is 5. The fourth-order valence-corrected chi connectivity index (χ4v) is 5.48. The van der Waals surface area contributed by atoms with Crippen LogP contribution < -0.4 is 20.3 Å². The standard InChI is InChI=1S/C31H35ClN4O3/c1-2-39-29-10-6-5-9-28(29)35-15-17-36(18-16-35)31(38)27(19-22-11-13-25(32)14-12-22)34-30(37)26-20-23-7-3-4-8-24(23)21-33-26/h3-14,26-27,33H,2,15-21H2,1H3,(H,34,37)/t26-,27-/m1/s1. The van der Waals surface area contributed by atoms with E-state index >= 15 is 0 Å². The van der Waals surface area contributed by atoms with Crippen LogP contribution in [0.4, 0.5) is 5.69 Å². The second kappa shape index (κ2) is 12.5. The van der Waals surface area contributed by atoms with Crippen LogP contribution in [0.5, 0.6) is 5.75 Å². The van der Waals surface area contributed by atoms with E-state index in [1.54, 1.807) is 0 Å². The van der Waals surface area contributed by atoms with Gasteiger partial charge in [-0.15, -0.1) is 0 Å². The number of nitrogens with one attached hydrogen (secondary N) is 2. The molecule has 7 nitrogen and oxygen atoms in total. The summed E-state index contributed by atoms with van der Waals surface area (Å²) in [5, 5.41) is 7.06. The minimum absolute atomic E-state index is 0.0627. The molecule has 1 fully saturated rings. The molecule has 0 bridgehead atoms. The lowest BCUT2D eigenvalue weighted by Crippen LogP contribution is -2.58. The molecule has 3 aromatic carbocycles. The Morgan fingerprint density at radius 3 is 2.41 bits per heavy atom. The van der Waals surface area contributed by atoms with Crippen LogP contribution in [0.1, 0.15) is 23.6 Å². The molecule has 8 heteroatoms. The highest BCUT2D eigenvalue weighted by atomic mass is 35.5. The Hall–Kier alpha value is -3.55. The maximum atomic E-state index is 13.8. The zero-order valence-corrected chi connectivity index (χ0v) is 23.0. The average molecular weight is 547 g/mol. The number of carbonyl (C=O) groups excluding carboxylic acids is 2. The van der Waals surface area contributed by atoms with Crippen LogP contribution in [0.25, 0.3) is 0 Å². The fraction of sp³-hybridized carbons (Fsp3) is 0.355. The molecule has 2 aliphatic heterocycles. The summed E-state index contributed by atoms with van der Waals surface area (Å²) in [6, 6.07) is 22.6. The largest absolute Gasteiger partial charge is 0.492 e. The Labute approximate surface area is 235 Å². The van der Waals surface area contributed by atoms with Crippen molar-refractivity contribution < 1.29 is 14.3 Å². The second-order valence-corrected chi connectivity index (χ2v) is 10.4. The lowest BCUT2D eigenvalue weighted by molar-refractivity contribution is -0.137. The summed E-state index contributed by atoms with van der Waals surface area (Å²) in [4.78, 5) is 31.3. The first kappa shape index (κ1) is 27.0. The minimum Gasteiger partial charge on any atom is -0.492 e. The van der Waals surface area contributed by atoms with Gasteiger partial charge in [0.15, 0.2) is 0 Å². The highest BCUT2D eigenvalue weighted by molar-refractivity contribution is 6.30. The van der Waals surface area contributed by atoms with E-state index < -0.39 is 6.04 Å². The summed E-state index contributed by atoms with van der Waals surface area (Å²) in [5.74, 6) is 0.641. The first-order valence-electron chi connectivity index (χ1n) is 13.6. The van der Waals surface area contributed by atoms with E-state index in [-0.39, 0.29) is 17.9 Å². The van der Waals surface area contributed by atoms with Gasteiger partial charge in [-0.05, 0) is 54.3 Å². The maximum Gasteiger partial charge on any atom is 0.245 e. The molecule has 1 saturated heterocycles. The van der Waals surface area contributed by atoms with E-state index in [9.17, 15) is 9.59 Å². The molecule has 2 amide bonds. The molecule has 2 aliphatic rings. The van der Waals surface area contributed by atoms with Crippen LogP contribution in [0.15, 0.2) is 72.8 Å². The van der Waals surface area contributed by atoms with E-state index in [0.717, 1.165) is 17.0 Å². The van der Waals surface area contributed by atoms with Crippen LogP contribution in [-0.4, -0.2) is 61.6 Å². The third-order valence-electron chi connectivity index (χ3n) is 7.46. The summed E-state index contributed by atoms with van der Waals surface area (Å²) >= 11 is 6.09. The topological polar surface area (TPSA) is 73.9 Å². The van der Waals surface area contributed by atoms with Gasteiger partial charge < -0.3 is 25.2 Å². The number of fused-ring (bicyclic) bond motifs is 1. The molecule has 0 radical (unpaired) electrons. The fourth-order valence-electron chi connectivity index (χ4n) is 5.35. The van der Waals surface area contributed by atoms with E-state index in [2.05, 4.69) is 33.7 Å². The smallest absolute Gasteiger partial charge is 0.245 e. The van der Waals surface area contributed by atoms with Crippen LogP contribution in [0.3, 0.4) is 0 Å². The van der Waals surface area contributed by atoms with Gasteiger partial charge in [-0.25, -0.2) is 0 Å². The summed E-state index contributed by atoms with van der Waals surface area (Å²) in [6.45, 7) is 5.74. The number of halogens is 1. The van der Waals surface area contributed by atoms with Gasteiger partial charge in [-0.3, -0.25) is 9.59 Å². The molecule has 0 spiro atoms. The minimum atomic E-state index is -0.667. The molecular weight excluding hydrogens is 512 g/mol. The van der Waals surface area contributed by atoms with Gasteiger partial charge in [0.1, 0.15) is 11.8 Å². The Morgan fingerprint density at radius 1 is 0.974 bits per heavy atom. The van der Waals surface area contributed by atoms with E-state index in [4.69, 9.17) is 16.3 Å². The lowest BCUT2D eigenvalue weighted by atomic mass is 9.95. The van der Waals surface area contributed by atoms with Crippen molar-refractivity contribution in [1.29, 1.82) is 0 Å². The summed E-state index contributed by atoms with van der Waals surface area (Å²) in [5.41, 5.74) is 4.37. The maximum absolute atomic E-state index is 13.8. The van der Waals surface area contributed by atoms with Crippen molar-refractivity contribution in [2.45, 2.75) is 38.4 Å². The van der Waals surface area contributed by atoms with Crippen molar-refractivity contribution >= 4 is 29.1 Å². The number of ether oxygens (including phenoxy) is 1. The SMILES string of the molecule is CCOc1ccccc1N1CCN(C(=O)[C@@H](Cc2ccc(Cl)cc2)NC(=O)[C@H]2Cc3ccccc3CN2)CC1. The monoisotopic (exact) mass is 546 g/mol. The molecule has 204 valence electrons. The van der Waals surface area contributed by atoms with E-state index in [1.807, 2.05) is 66.4 Å².